The van der Waals surface area contributed by atoms with Gasteiger partial charge in [0.1, 0.15) is 17.6 Å². The molecule has 0 saturated carbocycles. The standard InChI is InChI=1S/C25H27N3O3/c1-18(27-19(2)29)20-8-10-23(11-9-20)30-24-13-15-28(17-24)21-12-14-26-25(16-21)31-22-6-4-3-5-7-22/h3-12,14,16,18,24H,13,15,17H2,1-2H3,(H,27,29)/t18-,24?/m0/s1. The molecule has 1 aliphatic rings. The first kappa shape index (κ1) is 20.7. The van der Waals surface area contributed by atoms with Crippen LogP contribution < -0.4 is 19.7 Å². The van der Waals surface area contributed by atoms with Crippen molar-refractivity contribution in [2.75, 3.05) is 18.0 Å². The number of hydrogen-bond donors (Lipinski definition) is 1. The quantitative estimate of drug-likeness (QED) is 0.602. The zero-order chi connectivity index (χ0) is 21.6. The number of carbonyl (C=O) groups excluding carboxylic acids is 1. The summed E-state index contributed by atoms with van der Waals surface area (Å²) in [5.74, 6) is 2.16. The molecule has 2 heterocycles. The molecule has 1 amide bonds. The molecule has 31 heavy (non-hydrogen) atoms. The predicted molar refractivity (Wildman–Crippen MR) is 121 cm³/mol. The van der Waals surface area contributed by atoms with Gasteiger partial charge in [-0.05, 0) is 42.8 Å². The Kier molecular flexibility index (Phi) is 6.36. The maximum atomic E-state index is 11.2. The molecule has 4 rings (SSSR count). The highest BCUT2D eigenvalue weighted by atomic mass is 16.5. The Morgan fingerprint density at radius 1 is 1.10 bits per heavy atom. The summed E-state index contributed by atoms with van der Waals surface area (Å²) < 4.78 is 12.1. The zero-order valence-corrected chi connectivity index (χ0v) is 17.8. The summed E-state index contributed by atoms with van der Waals surface area (Å²) in [5.41, 5.74) is 2.13. The number of para-hydroxylation sites is 1. The zero-order valence-electron chi connectivity index (χ0n) is 17.8. The van der Waals surface area contributed by atoms with Crippen LogP contribution in [0.4, 0.5) is 5.69 Å². The van der Waals surface area contributed by atoms with Crippen molar-refractivity contribution in [3.8, 4) is 17.4 Å². The number of rotatable bonds is 7. The average Bonchev–Trinajstić information content (AvgIpc) is 3.23. The van der Waals surface area contributed by atoms with Gasteiger partial charge in [0.25, 0.3) is 0 Å². The van der Waals surface area contributed by atoms with Gasteiger partial charge in [-0.1, -0.05) is 30.3 Å². The van der Waals surface area contributed by atoms with E-state index in [1.165, 1.54) is 6.92 Å². The molecule has 1 aliphatic heterocycles. The number of amides is 1. The van der Waals surface area contributed by atoms with E-state index in [1.807, 2.05) is 73.7 Å². The van der Waals surface area contributed by atoms with E-state index in [0.29, 0.717) is 5.88 Å². The first-order valence-electron chi connectivity index (χ1n) is 10.5. The fraction of sp³-hybridized carbons (Fsp3) is 0.280. The molecule has 6 nitrogen and oxygen atoms in total. The SMILES string of the molecule is CC(=O)N[C@@H](C)c1ccc(OC2CCN(c3ccnc(Oc4ccccc4)c3)C2)cc1. The van der Waals surface area contributed by atoms with Gasteiger partial charge < -0.3 is 19.7 Å². The number of carbonyl (C=O) groups is 1. The lowest BCUT2D eigenvalue weighted by atomic mass is 10.1. The molecule has 0 aliphatic carbocycles. The van der Waals surface area contributed by atoms with Crippen LogP contribution in [0.15, 0.2) is 72.9 Å². The van der Waals surface area contributed by atoms with Crippen molar-refractivity contribution in [1.29, 1.82) is 0 Å². The van der Waals surface area contributed by atoms with Crippen LogP contribution in [0, 0.1) is 0 Å². The maximum absolute atomic E-state index is 11.2. The topological polar surface area (TPSA) is 63.7 Å². The first-order valence-corrected chi connectivity index (χ1v) is 10.5. The normalized spacial score (nSPS) is 16.6. The first-order chi connectivity index (χ1) is 15.1. The van der Waals surface area contributed by atoms with Gasteiger partial charge in [-0.2, -0.15) is 0 Å². The summed E-state index contributed by atoms with van der Waals surface area (Å²) in [7, 11) is 0. The molecule has 160 valence electrons. The highest BCUT2D eigenvalue weighted by molar-refractivity contribution is 5.73. The van der Waals surface area contributed by atoms with Gasteiger partial charge in [0.05, 0.1) is 12.6 Å². The number of nitrogens with one attached hydrogen (secondary N) is 1. The van der Waals surface area contributed by atoms with Gasteiger partial charge in [0.15, 0.2) is 0 Å². The van der Waals surface area contributed by atoms with Crippen molar-refractivity contribution in [2.24, 2.45) is 0 Å². The molecule has 3 aromatic rings. The van der Waals surface area contributed by atoms with E-state index < -0.39 is 0 Å². The lowest BCUT2D eigenvalue weighted by Crippen LogP contribution is -2.24. The van der Waals surface area contributed by atoms with E-state index in [-0.39, 0.29) is 18.1 Å². The van der Waals surface area contributed by atoms with Crippen LogP contribution in [0.1, 0.15) is 31.9 Å². The summed E-state index contributed by atoms with van der Waals surface area (Å²) in [6.45, 7) is 5.21. The Labute approximate surface area is 182 Å². The van der Waals surface area contributed by atoms with Gasteiger partial charge in [0, 0.05) is 37.8 Å². The van der Waals surface area contributed by atoms with Gasteiger partial charge in [-0.3, -0.25) is 4.79 Å². The van der Waals surface area contributed by atoms with E-state index >= 15 is 0 Å². The molecule has 0 radical (unpaired) electrons. The van der Waals surface area contributed by atoms with Crippen LogP contribution in [0.2, 0.25) is 0 Å². The summed E-state index contributed by atoms with van der Waals surface area (Å²) >= 11 is 0. The van der Waals surface area contributed by atoms with Gasteiger partial charge in [-0.25, -0.2) is 4.98 Å². The minimum absolute atomic E-state index is 0.0208. The lowest BCUT2D eigenvalue weighted by Gasteiger charge is -2.20. The monoisotopic (exact) mass is 417 g/mol. The summed E-state index contributed by atoms with van der Waals surface area (Å²) in [6.07, 6.45) is 2.84. The molecule has 6 heteroatoms. The number of hydrogen-bond acceptors (Lipinski definition) is 5. The highest BCUT2D eigenvalue weighted by Crippen LogP contribution is 2.28. The number of pyridine rings is 1. The third-order valence-electron chi connectivity index (χ3n) is 5.30. The predicted octanol–water partition coefficient (Wildman–Crippen LogP) is 4.73. The second-order valence-electron chi connectivity index (χ2n) is 7.73. The van der Waals surface area contributed by atoms with Crippen molar-refractivity contribution >= 4 is 11.6 Å². The molecule has 2 aromatic carbocycles. The van der Waals surface area contributed by atoms with E-state index in [4.69, 9.17) is 9.47 Å². The fourth-order valence-electron chi connectivity index (χ4n) is 3.74. The minimum Gasteiger partial charge on any atom is -0.489 e. The van der Waals surface area contributed by atoms with Crippen molar-refractivity contribution in [1.82, 2.24) is 10.3 Å². The average molecular weight is 418 g/mol. The lowest BCUT2D eigenvalue weighted by molar-refractivity contribution is -0.119. The third kappa shape index (κ3) is 5.54. The summed E-state index contributed by atoms with van der Waals surface area (Å²) in [5, 5.41) is 2.89. The molecular formula is C25H27N3O3. The Hall–Kier alpha value is -3.54. The van der Waals surface area contributed by atoms with E-state index in [9.17, 15) is 4.79 Å². The van der Waals surface area contributed by atoms with E-state index in [0.717, 1.165) is 42.3 Å². The molecule has 1 saturated heterocycles. The summed E-state index contributed by atoms with van der Waals surface area (Å²) in [4.78, 5) is 17.8. The van der Waals surface area contributed by atoms with Crippen molar-refractivity contribution < 1.29 is 14.3 Å². The van der Waals surface area contributed by atoms with Crippen molar-refractivity contribution in [2.45, 2.75) is 32.4 Å². The number of benzene rings is 2. The Balaban J connectivity index is 1.34. The minimum atomic E-state index is -0.0349. The van der Waals surface area contributed by atoms with E-state index in [2.05, 4.69) is 15.2 Å². The molecule has 2 atom stereocenters. The Bertz CT molecular complexity index is 1010. The van der Waals surface area contributed by atoms with Crippen LogP contribution in [0.3, 0.4) is 0 Å². The largest absolute Gasteiger partial charge is 0.489 e. The third-order valence-corrected chi connectivity index (χ3v) is 5.30. The number of nitrogens with zero attached hydrogens (tertiary/aromatic N) is 2. The van der Waals surface area contributed by atoms with Crippen LogP contribution in [-0.2, 0) is 4.79 Å². The molecule has 0 bridgehead atoms. The highest BCUT2D eigenvalue weighted by Gasteiger charge is 2.24. The van der Waals surface area contributed by atoms with Crippen LogP contribution in [0.5, 0.6) is 17.4 Å². The van der Waals surface area contributed by atoms with Gasteiger partial charge in [0.2, 0.25) is 11.8 Å². The van der Waals surface area contributed by atoms with E-state index in [1.54, 1.807) is 6.20 Å². The Morgan fingerprint density at radius 2 is 1.87 bits per heavy atom. The molecular weight excluding hydrogens is 390 g/mol. The summed E-state index contributed by atoms with van der Waals surface area (Å²) in [6, 6.07) is 21.5. The molecule has 1 aromatic heterocycles. The molecule has 1 unspecified atom stereocenters. The second kappa shape index (κ2) is 9.51. The number of aromatic nitrogens is 1. The molecule has 1 fully saturated rings. The van der Waals surface area contributed by atoms with Crippen LogP contribution >= 0.6 is 0 Å². The fourth-order valence-corrected chi connectivity index (χ4v) is 3.74. The van der Waals surface area contributed by atoms with Crippen LogP contribution in [-0.4, -0.2) is 30.1 Å². The molecule has 1 N–H and O–H groups in total. The van der Waals surface area contributed by atoms with Gasteiger partial charge in [-0.15, -0.1) is 0 Å². The van der Waals surface area contributed by atoms with Crippen molar-refractivity contribution in [3.63, 3.8) is 0 Å². The van der Waals surface area contributed by atoms with Gasteiger partial charge >= 0.3 is 0 Å². The Morgan fingerprint density at radius 3 is 2.61 bits per heavy atom. The number of anilines is 1. The maximum Gasteiger partial charge on any atom is 0.221 e. The van der Waals surface area contributed by atoms with Crippen molar-refractivity contribution in [3.05, 3.63) is 78.5 Å². The smallest absolute Gasteiger partial charge is 0.221 e. The second-order valence-corrected chi connectivity index (χ2v) is 7.73. The molecule has 0 spiro atoms. The van der Waals surface area contributed by atoms with Crippen LogP contribution in [0.25, 0.3) is 0 Å². The number of ether oxygens (including phenoxy) is 2.